The van der Waals surface area contributed by atoms with Gasteiger partial charge < -0.3 is 5.32 Å². The van der Waals surface area contributed by atoms with E-state index in [0.29, 0.717) is 5.02 Å². The van der Waals surface area contributed by atoms with Gasteiger partial charge in [-0.1, -0.05) is 29.8 Å². The Kier molecular flexibility index (Phi) is 3.98. The van der Waals surface area contributed by atoms with E-state index in [-0.39, 0.29) is 11.9 Å². The third-order valence-electron chi connectivity index (χ3n) is 4.08. The molecular weight excluding hydrogens is 282 g/mol. The summed E-state index contributed by atoms with van der Waals surface area (Å²) in [6, 6.07) is 13.6. The fourth-order valence-corrected chi connectivity index (χ4v) is 2.95. The van der Waals surface area contributed by atoms with Crippen LogP contribution >= 0.6 is 11.6 Å². The van der Waals surface area contributed by atoms with E-state index in [1.54, 1.807) is 0 Å². The lowest BCUT2D eigenvalue weighted by Crippen LogP contribution is -2.26. The Morgan fingerprint density at radius 3 is 2.57 bits per heavy atom. The summed E-state index contributed by atoms with van der Waals surface area (Å²) >= 11 is 5.88. The van der Waals surface area contributed by atoms with Crippen molar-refractivity contribution in [2.75, 3.05) is 0 Å². The maximum atomic E-state index is 12.4. The second-order valence-corrected chi connectivity index (χ2v) is 6.02. The molecule has 21 heavy (non-hydrogen) atoms. The summed E-state index contributed by atoms with van der Waals surface area (Å²) < 4.78 is 0. The normalized spacial score (nSPS) is 14.6. The van der Waals surface area contributed by atoms with Crippen molar-refractivity contribution >= 4 is 17.5 Å². The number of amides is 1. The predicted octanol–water partition coefficient (Wildman–Crippen LogP) is 4.32. The lowest BCUT2D eigenvalue weighted by Gasteiger charge is -2.15. The van der Waals surface area contributed by atoms with Crippen molar-refractivity contribution in [3.63, 3.8) is 0 Å². The largest absolute Gasteiger partial charge is 0.346 e. The molecule has 0 spiro atoms. The highest BCUT2D eigenvalue weighted by Crippen LogP contribution is 2.23. The molecule has 0 bridgehead atoms. The molecular formula is C18H18ClNO. The van der Waals surface area contributed by atoms with E-state index >= 15 is 0 Å². The lowest BCUT2D eigenvalue weighted by atomic mass is 10.0. The monoisotopic (exact) mass is 299 g/mol. The second-order valence-electron chi connectivity index (χ2n) is 5.58. The zero-order valence-corrected chi connectivity index (χ0v) is 12.8. The third-order valence-corrected chi connectivity index (χ3v) is 4.33. The number of rotatable bonds is 3. The zero-order chi connectivity index (χ0) is 14.8. The summed E-state index contributed by atoms with van der Waals surface area (Å²) in [5.74, 6) is -0.0212. The number of hydrogen-bond acceptors (Lipinski definition) is 1. The Morgan fingerprint density at radius 2 is 1.81 bits per heavy atom. The molecule has 1 aliphatic carbocycles. The molecule has 2 nitrogen and oxygen atoms in total. The first-order valence-electron chi connectivity index (χ1n) is 7.31. The highest BCUT2D eigenvalue weighted by atomic mass is 35.5. The number of nitrogens with one attached hydrogen (secondary N) is 1. The molecule has 0 fully saturated rings. The molecule has 0 aromatic heterocycles. The fraction of sp³-hybridized carbons (Fsp3) is 0.278. The van der Waals surface area contributed by atoms with Crippen molar-refractivity contribution in [1.29, 1.82) is 0 Å². The number of carbonyl (C=O) groups is 1. The van der Waals surface area contributed by atoms with Crippen LogP contribution in [-0.2, 0) is 12.8 Å². The molecule has 108 valence electrons. The van der Waals surface area contributed by atoms with Crippen LogP contribution in [-0.4, -0.2) is 5.91 Å². The van der Waals surface area contributed by atoms with Gasteiger partial charge in [-0.25, -0.2) is 0 Å². The van der Waals surface area contributed by atoms with Gasteiger partial charge in [-0.3, -0.25) is 4.79 Å². The van der Waals surface area contributed by atoms with E-state index in [4.69, 9.17) is 11.6 Å². The average molecular weight is 300 g/mol. The predicted molar refractivity (Wildman–Crippen MR) is 85.8 cm³/mol. The lowest BCUT2D eigenvalue weighted by molar-refractivity contribution is 0.0940. The summed E-state index contributed by atoms with van der Waals surface area (Å²) in [4.78, 5) is 12.4. The minimum Gasteiger partial charge on any atom is -0.346 e. The van der Waals surface area contributed by atoms with Crippen LogP contribution in [0.1, 0.15) is 46.4 Å². The molecule has 1 atom stereocenters. The van der Waals surface area contributed by atoms with Crippen LogP contribution in [0.2, 0.25) is 5.02 Å². The number of carbonyl (C=O) groups excluding carboxylic acids is 1. The average Bonchev–Trinajstić information content (AvgIpc) is 2.95. The van der Waals surface area contributed by atoms with E-state index < -0.39 is 0 Å². The van der Waals surface area contributed by atoms with Crippen molar-refractivity contribution in [3.8, 4) is 0 Å². The highest BCUT2D eigenvalue weighted by Gasteiger charge is 2.15. The molecule has 0 saturated heterocycles. The number of benzene rings is 2. The summed E-state index contributed by atoms with van der Waals surface area (Å²) in [6.07, 6.45) is 3.42. The Balaban J connectivity index is 1.72. The van der Waals surface area contributed by atoms with Gasteiger partial charge in [0.25, 0.3) is 5.91 Å². The quantitative estimate of drug-likeness (QED) is 0.898. The smallest absolute Gasteiger partial charge is 0.251 e. The van der Waals surface area contributed by atoms with Crippen LogP contribution < -0.4 is 5.32 Å². The van der Waals surface area contributed by atoms with Crippen LogP contribution in [0.4, 0.5) is 0 Å². The second kappa shape index (κ2) is 5.90. The number of fused-ring (bicyclic) bond motifs is 1. The molecule has 1 N–H and O–H groups in total. The summed E-state index contributed by atoms with van der Waals surface area (Å²) in [6.45, 7) is 1.98. The molecule has 0 aliphatic heterocycles. The SMILES string of the molecule is C[C@@H](NC(=O)c1ccc2c(c1)CCC2)c1ccc(Cl)cc1. The Hall–Kier alpha value is -1.80. The maximum Gasteiger partial charge on any atom is 0.251 e. The van der Waals surface area contributed by atoms with Gasteiger partial charge in [-0.15, -0.1) is 0 Å². The molecule has 1 aliphatic rings. The molecule has 0 radical (unpaired) electrons. The molecule has 0 saturated carbocycles. The first-order valence-corrected chi connectivity index (χ1v) is 7.69. The first-order chi connectivity index (χ1) is 10.1. The molecule has 0 unspecified atom stereocenters. The minimum atomic E-state index is -0.0389. The van der Waals surface area contributed by atoms with Gasteiger partial charge in [-0.2, -0.15) is 0 Å². The maximum absolute atomic E-state index is 12.4. The van der Waals surface area contributed by atoms with Crippen molar-refractivity contribution in [1.82, 2.24) is 5.32 Å². The molecule has 2 aromatic rings. The fourth-order valence-electron chi connectivity index (χ4n) is 2.83. The zero-order valence-electron chi connectivity index (χ0n) is 12.0. The van der Waals surface area contributed by atoms with Gasteiger partial charge in [0.1, 0.15) is 0 Å². The van der Waals surface area contributed by atoms with Crippen LogP contribution in [0.15, 0.2) is 42.5 Å². The van der Waals surface area contributed by atoms with Gasteiger partial charge >= 0.3 is 0 Å². The van der Waals surface area contributed by atoms with Crippen molar-refractivity contribution in [2.24, 2.45) is 0 Å². The van der Waals surface area contributed by atoms with Crippen LogP contribution in [0.25, 0.3) is 0 Å². The minimum absolute atomic E-state index is 0.0212. The Bertz CT molecular complexity index is 663. The highest BCUT2D eigenvalue weighted by molar-refractivity contribution is 6.30. The number of halogens is 1. The first kappa shape index (κ1) is 14.2. The van der Waals surface area contributed by atoms with Crippen molar-refractivity contribution < 1.29 is 4.79 Å². The van der Waals surface area contributed by atoms with E-state index in [2.05, 4.69) is 11.4 Å². The standard InChI is InChI=1S/C18H18ClNO/c1-12(13-7-9-17(19)10-8-13)20-18(21)16-6-5-14-3-2-4-15(14)11-16/h5-12H,2-4H2,1H3,(H,20,21)/t12-/m1/s1. The topological polar surface area (TPSA) is 29.1 Å². The van der Waals surface area contributed by atoms with Crippen LogP contribution in [0.5, 0.6) is 0 Å². The summed E-state index contributed by atoms with van der Waals surface area (Å²) in [5, 5.41) is 3.75. The molecule has 1 amide bonds. The Morgan fingerprint density at radius 1 is 1.10 bits per heavy atom. The van der Waals surface area contributed by atoms with E-state index in [0.717, 1.165) is 24.0 Å². The van der Waals surface area contributed by atoms with Gasteiger partial charge in [0.15, 0.2) is 0 Å². The van der Waals surface area contributed by atoms with E-state index in [1.807, 2.05) is 43.3 Å². The van der Waals surface area contributed by atoms with Crippen molar-refractivity contribution in [2.45, 2.75) is 32.2 Å². The molecule has 2 aromatic carbocycles. The van der Waals surface area contributed by atoms with Gasteiger partial charge in [0.05, 0.1) is 6.04 Å². The van der Waals surface area contributed by atoms with E-state index in [9.17, 15) is 4.79 Å². The third kappa shape index (κ3) is 3.11. The van der Waals surface area contributed by atoms with Gasteiger partial charge in [0.2, 0.25) is 0 Å². The molecule has 3 rings (SSSR count). The number of aryl methyl sites for hydroxylation is 2. The Labute approximate surface area is 130 Å². The van der Waals surface area contributed by atoms with Gasteiger partial charge in [0, 0.05) is 10.6 Å². The number of hydrogen-bond donors (Lipinski definition) is 1. The van der Waals surface area contributed by atoms with Crippen molar-refractivity contribution in [3.05, 3.63) is 69.7 Å². The van der Waals surface area contributed by atoms with E-state index in [1.165, 1.54) is 17.5 Å². The summed E-state index contributed by atoms with van der Waals surface area (Å²) in [5.41, 5.74) is 4.50. The summed E-state index contributed by atoms with van der Waals surface area (Å²) in [7, 11) is 0. The van der Waals surface area contributed by atoms with Crippen LogP contribution in [0, 0.1) is 0 Å². The molecule has 0 heterocycles. The van der Waals surface area contributed by atoms with Crippen LogP contribution in [0.3, 0.4) is 0 Å². The van der Waals surface area contributed by atoms with Gasteiger partial charge in [-0.05, 0) is 67.1 Å². The molecule has 3 heteroatoms.